The molecule has 5 nitrogen and oxygen atoms in total. The Morgan fingerprint density at radius 1 is 1.03 bits per heavy atom. The smallest absolute Gasteiger partial charge is 0.264 e. The predicted octanol–water partition coefficient (Wildman–Crippen LogP) is 5.51. The molecule has 0 aromatic heterocycles. The number of rotatable bonds is 7. The summed E-state index contributed by atoms with van der Waals surface area (Å²) < 4.78 is 28.1. The van der Waals surface area contributed by atoms with Crippen LogP contribution in [0.4, 0.5) is 11.4 Å². The number of nitrogens with zero attached hydrogens (tertiary/aromatic N) is 1. The van der Waals surface area contributed by atoms with Gasteiger partial charge in [0.05, 0.1) is 10.6 Å². The lowest BCUT2D eigenvalue weighted by Gasteiger charge is -2.26. The zero-order valence-electron chi connectivity index (χ0n) is 17.4. The molecule has 3 rings (SSSR count). The summed E-state index contributed by atoms with van der Waals surface area (Å²) in [5.74, 6) is -0.451. The molecule has 3 aromatic rings. The minimum Gasteiger partial charge on any atom is -0.324 e. The minimum atomic E-state index is -4.00. The van der Waals surface area contributed by atoms with E-state index in [1.165, 1.54) is 12.1 Å². The molecule has 0 aliphatic heterocycles. The molecule has 0 bridgehead atoms. The second-order valence-corrected chi connectivity index (χ2v) is 10.2. The van der Waals surface area contributed by atoms with Crippen LogP contribution in [0.3, 0.4) is 0 Å². The Hall–Kier alpha value is -2.48. The minimum absolute atomic E-state index is 0.106. The highest BCUT2D eigenvalue weighted by Gasteiger charge is 2.28. The number of amides is 1. The van der Waals surface area contributed by atoms with Gasteiger partial charge in [-0.2, -0.15) is 0 Å². The molecule has 8 heteroatoms. The monoisotopic (exact) mass is 474 g/mol. The van der Waals surface area contributed by atoms with Crippen LogP contribution in [0.15, 0.2) is 76.5 Å². The van der Waals surface area contributed by atoms with Gasteiger partial charge in [0, 0.05) is 15.6 Å². The lowest BCUT2D eigenvalue weighted by atomic mass is 10.2. The quantitative estimate of drug-likeness (QED) is 0.458. The van der Waals surface area contributed by atoms with Crippen molar-refractivity contribution in [1.29, 1.82) is 0 Å². The number of nitrogens with one attached hydrogen (secondary N) is 1. The Morgan fingerprint density at radius 3 is 2.42 bits per heavy atom. The summed E-state index contributed by atoms with van der Waals surface area (Å²) in [6, 6.07) is 18.9. The Morgan fingerprint density at radius 2 is 1.74 bits per heavy atom. The molecule has 0 fully saturated rings. The van der Waals surface area contributed by atoms with Gasteiger partial charge in [0.1, 0.15) is 6.54 Å². The average molecular weight is 475 g/mol. The number of sulfonamides is 1. The Kier molecular flexibility index (Phi) is 7.30. The van der Waals surface area contributed by atoms with E-state index < -0.39 is 15.9 Å². The van der Waals surface area contributed by atoms with E-state index in [0.717, 1.165) is 14.8 Å². The van der Waals surface area contributed by atoms with Crippen molar-refractivity contribution >= 4 is 50.7 Å². The highest BCUT2D eigenvalue weighted by atomic mass is 35.5. The van der Waals surface area contributed by atoms with Gasteiger partial charge in [-0.1, -0.05) is 41.4 Å². The summed E-state index contributed by atoms with van der Waals surface area (Å²) in [5.41, 5.74) is 2.60. The number of carbonyl (C=O) groups excluding carboxylic acids is 1. The first-order valence-electron chi connectivity index (χ1n) is 9.50. The fourth-order valence-corrected chi connectivity index (χ4v) is 5.12. The first-order valence-corrected chi connectivity index (χ1v) is 12.5. The fourth-order valence-electron chi connectivity index (χ4n) is 3.02. The van der Waals surface area contributed by atoms with E-state index in [-0.39, 0.29) is 11.4 Å². The molecule has 31 heavy (non-hydrogen) atoms. The van der Waals surface area contributed by atoms with E-state index in [1.807, 2.05) is 31.4 Å². The van der Waals surface area contributed by atoms with E-state index in [4.69, 9.17) is 11.6 Å². The van der Waals surface area contributed by atoms with Gasteiger partial charge in [0.15, 0.2) is 0 Å². The van der Waals surface area contributed by atoms with Crippen molar-refractivity contribution in [2.24, 2.45) is 0 Å². The maximum absolute atomic E-state index is 13.5. The van der Waals surface area contributed by atoms with E-state index in [2.05, 4.69) is 5.32 Å². The van der Waals surface area contributed by atoms with Crippen LogP contribution in [0, 0.1) is 13.8 Å². The van der Waals surface area contributed by atoms with Crippen LogP contribution < -0.4 is 9.62 Å². The van der Waals surface area contributed by atoms with Crippen LogP contribution >= 0.6 is 23.4 Å². The van der Waals surface area contributed by atoms with Crippen LogP contribution in [0.5, 0.6) is 0 Å². The molecule has 0 spiro atoms. The van der Waals surface area contributed by atoms with Crippen molar-refractivity contribution in [3.05, 3.63) is 82.9 Å². The number of hydrogen-bond donors (Lipinski definition) is 1. The van der Waals surface area contributed by atoms with Gasteiger partial charge in [-0.25, -0.2) is 8.42 Å². The van der Waals surface area contributed by atoms with Gasteiger partial charge in [-0.3, -0.25) is 9.10 Å². The lowest BCUT2D eigenvalue weighted by Crippen LogP contribution is -2.38. The molecule has 0 heterocycles. The maximum atomic E-state index is 13.5. The van der Waals surface area contributed by atoms with Crippen molar-refractivity contribution in [2.45, 2.75) is 23.6 Å². The van der Waals surface area contributed by atoms with Crippen LogP contribution in [-0.4, -0.2) is 27.1 Å². The highest BCUT2D eigenvalue weighted by Crippen LogP contribution is 2.30. The SMILES string of the molecule is CSc1cccc(NC(=O)CN(c2cc(Cl)ccc2C)S(=O)(=O)c2ccc(C)cc2)c1. The molecular formula is C23H23ClN2O3S2. The van der Waals surface area contributed by atoms with Gasteiger partial charge in [-0.05, 0) is 68.1 Å². The summed E-state index contributed by atoms with van der Waals surface area (Å²) in [6.07, 6.45) is 1.94. The van der Waals surface area contributed by atoms with Crippen LogP contribution in [0.2, 0.25) is 5.02 Å². The van der Waals surface area contributed by atoms with Crippen molar-refractivity contribution in [1.82, 2.24) is 0 Å². The Bertz CT molecular complexity index is 1200. The van der Waals surface area contributed by atoms with Gasteiger partial charge in [0.25, 0.3) is 10.0 Å². The average Bonchev–Trinajstić information content (AvgIpc) is 2.74. The third-order valence-electron chi connectivity index (χ3n) is 4.69. The van der Waals surface area contributed by atoms with E-state index >= 15 is 0 Å². The zero-order chi connectivity index (χ0) is 22.6. The molecule has 0 radical (unpaired) electrons. The molecule has 0 unspecified atom stereocenters. The molecule has 162 valence electrons. The van der Waals surface area contributed by atoms with Crippen LogP contribution in [-0.2, 0) is 14.8 Å². The maximum Gasteiger partial charge on any atom is 0.264 e. The van der Waals surface area contributed by atoms with E-state index in [0.29, 0.717) is 22.0 Å². The van der Waals surface area contributed by atoms with Crippen molar-refractivity contribution in [2.75, 3.05) is 22.4 Å². The first-order chi connectivity index (χ1) is 14.7. The fraction of sp³-hybridized carbons (Fsp3) is 0.174. The van der Waals surface area contributed by atoms with E-state index in [9.17, 15) is 13.2 Å². The Balaban J connectivity index is 1.98. The second kappa shape index (κ2) is 9.77. The van der Waals surface area contributed by atoms with Gasteiger partial charge in [-0.15, -0.1) is 11.8 Å². The third-order valence-corrected chi connectivity index (χ3v) is 7.42. The topological polar surface area (TPSA) is 66.5 Å². The van der Waals surface area contributed by atoms with E-state index in [1.54, 1.807) is 55.1 Å². The lowest BCUT2D eigenvalue weighted by molar-refractivity contribution is -0.114. The first kappa shape index (κ1) is 23.2. The summed E-state index contributed by atoms with van der Waals surface area (Å²) in [5, 5.41) is 3.18. The summed E-state index contributed by atoms with van der Waals surface area (Å²) in [6.45, 7) is 3.27. The summed E-state index contributed by atoms with van der Waals surface area (Å²) in [4.78, 5) is 14.0. The zero-order valence-corrected chi connectivity index (χ0v) is 19.8. The molecular weight excluding hydrogens is 452 g/mol. The third kappa shape index (κ3) is 5.61. The number of anilines is 2. The van der Waals surface area contributed by atoms with Crippen LogP contribution in [0.1, 0.15) is 11.1 Å². The van der Waals surface area contributed by atoms with Crippen molar-refractivity contribution < 1.29 is 13.2 Å². The molecule has 1 N–H and O–H groups in total. The summed E-state index contributed by atoms with van der Waals surface area (Å²) in [7, 11) is -4.00. The van der Waals surface area contributed by atoms with Gasteiger partial charge in [0.2, 0.25) is 5.91 Å². The van der Waals surface area contributed by atoms with Crippen molar-refractivity contribution in [3.8, 4) is 0 Å². The summed E-state index contributed by atoms with van der Waals surface area (Å²) >= 11 is 7.71. The molecule has 1 amide bonds. The van der Waals surface area contributed by atoms with Crippen molar-refractivity contribution in [3.63, 3.8) is 0 Å². The number of halogens is 1. The number of carbonyl (C=O) groups is 1. The Labute approximate surface area is 192 Å². The number of hydrogen-bond acceptors (Lipinski definition) is 4. The van der Waals surface area contributed by atoms with Gasteiger partial charge >= 0.3 is 0 Å². The largest absolute Gasteiger partial charge is 0.324 e. The molecule has 0 saturated carbocycles. The molecule has 3 aromatic carbocycles. The number of aryl methyl sites for hydroxylation is 2. The standard InChI is InChI=1S/C23H23ClN2O3S2/c1-16-7-11-21(12-8-16)31(28,29)26(22-13-18(24)10-9-17(22)2)15-23(27)25-19-5-4-6-20(14-19)30-3/h4-14H,15H2,1-3H3,(H,25,27). The second-order valence-electron chi connectivity index (χ2n) is 7.04. The number of thioether (sulfide) groups is 1. The van der Waals surface area contributed by atoms with Crippen LogP contribution in [0.25, 0.3) is 0 Å². The highest BCUT2D eigenvalue weighted by molar-refractivity contribution is 7.98. The number of benzene rings is 3. The normalized spacial score (nSPS) is 11.2. The molecule has 0 atom stereocenters. The molecule has 0 aliphatic carbocycles. The molecule has 0 saturated heterocycles. The molecule has 0 aliphatic rings. The predicted molar refractivity (Wildman–Crippen MR) is 129 cm³/mol. The van der Waals surface area contributed by atoms with Gasteiger partial charge < -0.3 is 5.32 Å².